The summed E-state index contributed by atoms with van der Waals surface area (Å²) in [5.74, 6) is -0.927. The lowest BCUT2D eigenvalue weighted by Crippen LogP contribution is -2.03. The summed E-state index contributed by atoms with van der Waals surface area (Å²) in [6.45, 7) is 2.89. The van der Waals surface area contributed by atoms with Gasteiger partial charge in [0.1, 0.15) is 5.75 Å². The Balaban J connectivity index is 2.07. The van der Waals surface area contributed by atoms with E-state index >= 15 is 0 Å². The molecule has 0 bridgehead atoms. The van der Waals surface area contributed by atoms with E-state index in [1.54, 1.807) is 6.07 Å². The fourth-order valence-corrected chi connectivity index (χ4v) is 1.74. The molecule has 0 aliphatic rings. The highest BCUT2D eigenvalue weighted by atomic mass is 19.2. The molecule has 0 atom stereocenters. The molecule has 0 radical (unpaired) electrons. The molecule has 0 aliphatic heterocycles. The summed E-state index contributed by atoms with van der Waals surface area (Å²) in [5, 5.41) is 3.15. The Labute approximate surface area is 111 Å². The van der Waals surface area contributed by atoms with E-state index in [4.69, 9.17) is 4.74 Å². The van der Waals surface area contributed by atoms with Crippen molar-refractivity contribution in [2.24, 2.45) is 0 Å². The maximum atomic E-state index is 13.1. The predicted octanol–water partition coefficient (Wildman–Crippen LogP) is 3.98. The number of nitrogens with one attached hydrogen (secondary N) is 1. The first-order chi connectivity index (χ1) is 9.20. The summed E-state index contributed by atoms with van der Waals surface area (Å²) < 4.78 is 31.4. The van der Waals surface area contributed by atoms with Gasteiger partial charge in [-0.1, -0.05) is 18.2 Å². The Kier molecular flexibility index (Phi) is 4.34. The number of benzene rings is 2. The van der Waals surface area contributed by atoms with E-state index in [2.05, 4.69) is 5.32 Å². The zero-order chi connectivity index (χ0) is 13.7. The summed E-state index contributed by atoms with van der Waals surface area (Å²) in [4.78, 5) is 0. The van der Waals surface area contributed by atoms with Crippen molar-refractivity contribution >= 4 is 5.69 Å². The third kappa shape index (κ3) is 3.44. The van der Waals surface area contributed by atoms with Crippen molar-refractivity contribution in [2.45, 2.75) is 13.5 Å². The third-order valence-corrected chi connectivity index (χ3v) is 2.65. The van der Waals surface area contributed by atoms with E-state index in [1.807, 2.05) is 31.2 Å². The highest BCUT2D eigenvalue weighted by Gasteiger charge is 2.04. The molecule has 0 amide bonds. The summed E-state index contributed by atoms with van der Waals surface area (Å²) in [5.41, 5.74) is 1.50. The monoisotopic (exact) mass is 263 g/mol. The van der Waals surface area contributed by atoms with Crippen LogP contribution >= 0.6 is 0 Å². The van der Waals surface area contributed by atoms with Crippen molar-refractivity contribution in [3.8, 4) is 5.75 Å². The molecule has 4 heteroatoms. The summed E-state index contributed by atoms with van der Waals surface area (Å²) in [6, 6.07) is 11.4. The molecule has 0 saturated heterocycles. The van der Waals surface area contributed by atoms with Crippen LogP contribution in [0, 0.1) is 11.6 Å². The van der Waals surface area contributed by atoms with Crippen LogP contribution in [0.15, 0.2) is 42.5 Å². The van der Waals surface area contributed by atoms with E-state index < -0.39 is 11.6 Å². The largest absolute Gasteiger partial charge is 0.492 e. The molecule has 0 aromatic heterocycles. The Bertz CT molecular complexity index is 558. The molecule has 2 aromatic carbocycles. The van der Waals surface area contributed by atoms with Gasteiger partial charge >= 0.3 is 0 Å². The zero-order valence-corrected chi connectivity index (χ0v) is 10.6. The van der Waals surface area contributed by atoms with Crippen LogP contribution in [-0.2, 0) is 6.54 Å². The normalized spacial score (nSPS) is 10.3. The predicted molar refractivity (Wildman–Crippen MR) is 71.3 cm³/mol. The average Bonchev–Trinajstić information content (AvgIpc) is 2.42. The number of anilines is 1. The first-order valence-corrected chi connectivity index (χ1v) is 6.10. The number of rotatable bonds is 5. The molecular formula is C15H15F2NO. The van der Waals surface area contributed by atoms with Crippen LogP contribution in [0.1, 0.15) is 12.5 Å². The fourth-order valence-electron chi connectivity index (χ4n) is 1.74. The van der Waals surface area contributed by atoms with Crippen molar-refractivity contribution in [3.63, 3.8) is 0 Å². The Morgan fingerprint density at radius 1 is 1.05 bits per heavy atom. The molecule has 100 valence electrons. The van der Waals surface area contributed by atoms with E-state index in [9.17, 15) is 8.78 Å². The van der Waals surface area contributed by atoms with Crippen molar-refractivity contribution in [1.29, 1.82) is 0 Å². The summed E-state index contributed by atoms with van der Waals surface area (Å²) >= 11 is 0. The van der Waals surface area contributed by atoms with Gasteiger partial charge in [0.2, 0.25) is 0 Å². The van der Waals surface area contributed by atoms with Gasteiger partial charge in [0, 0.05) is 6.54 Å². The topological polar surface area (TPSA) is 21.3 Å². The number of hydrogen-bond acceptors (Lipinski definition) is 2. The van der Waals surface area contributed by atoms with E-state index in [-0.39, 0.29) is 0 Å². The number of hydrogen-bond donors (Lipinski definition) is 1. The second-order valence-electron chi connectivity index (χ2n) is 4.03. The maximum absolute atomic E-state index is 13.1. The molecule has 19 heavy (non-hydrogen) atoms. The lowest BCUT2D eigenvalue weighted by Gasteiger charge is -2.12. The maximum Gasteiger partial charge on any atom is 0.159 e. The zero-order valence-electron chi connectivity index (χ0n) is 10.6. The number of halogens is 2. The molecule has 0 spiro atoms. The van der Waals surface area contributed by atoms with Gasteiger partial charge in [-0.15, -0.1) is 0 Å². The number of ether oxygens (including phenoxy) is 1. The van der Waals surface area contributed by atoms with Crippen molar-refractivity contribution in [2.75, 3.05) is 11.9 Å². The Morgan fingerprint density at radius 2 is 1.84 bits per heavy atom. The van der Waals surface area contributed by atoms with Gasteiger partial charge in [0.25, 0.3) is 0 Å². The third-order valence-electron chi connectivity index (χ3n) is 2.65. The fraction of sp³-hybridized carbons (Fsp3) is 0.200. The van der Waals surface area contributed by atoms with Gasteiger partial charge in [-0.3, -0.25) is 0 Å². The van der Waals surface area contributed by atoms with Crippen LogP contribution in [0.2, 0.25) is 0 Å². The van der Waals surface area contributed by atoms with Crippen LogP contribution in [0.25, 0.3) is 0 Å². The van der Waals surface area contributed by atoms with Crippen LogP contribution in [-0.4, -0.2) is 6.61 Å². The number of para-hydroxylation sites is 2. The summed E-state index contributed by atoms with van der Waals surface area (Å²) in [6.07, 6.45) is 0. The van der Waals surface area contributed by atoms with Crippen molar-refractivity contribution < 1.29 is 13.5 Å². The molecule has 0 fully saturated rings. The van der Waals surface area contributed by atoms with Crippen LogP contribution in [0.5, 0.6) is 5.75 Å². The second-order valence-corrected chi connectivity index (χ2v) is 4.03. The van der Waals surface area contributed by atoms with Gasteiger partial charge in [-0.25, -0.2) is 8.78 Å². The minimum absolute atomic E-state index is 0.404. The lowest BCUT2D eigenvalue weighted by atomic mass is 10.2. The Morgan fingerprint density at radius 3 is 2.58 bits per heavy atom. The molecule has 2 aromatic rings. The van der Waals surface area contributed by atoms with E-state index in [0.29, 0.717) is 18.7 Å². The van der Waals surface area contributed by atoms with Crippen molar-refractivity contribution in [3.05, 3.63) is 59.7 Å². The molecule has 0 heterocycles. The van der Waals surface area contributed by atoms with Crippen LogP contribution in [0.4, 0.5) is 14.5 Å². The van der Waals surface area contributed by atoms with Gasteiger partial charge in [0.15, 0.2) is 11.6 Å². The Hall–Kier alpha value is -2.10. The van der Waals surface area contributed by atoms with Gasteiger partial charge in [0.05, 0.1) is 12.3 Å². The average molecular weight is 263 g/mol. The SMILES string of the molecule is CCOc1ccccc1NCc1ccc(F)c(F)c1. The minimum atomic E-state index is -0.836. The standard InChI is InChI=1S/C15H15F2NO/c1-2-19-15-6-4-3-5-14(15)18-10-11-7-8-12(16)13(17)9-11/h3-9,18H,2,10H2,1H3. The molecule has 0 aliphatic carbocycles. The van der Waals surface area contributed by atoms with Gasteiger partial charge < -0.3 is 10.1 Å². The van der Waals surface area contributed by atoms with Gasteiger partial charge in [-0.05, 0) is 36.8 Å². The second kappa shape index (κ2) is 6.18. The molecule has 2 nitrogen and oxygen atoms in total. The first-order valence-electron chi connectivity index (χ1n) is 6.10. The molecular weight excluding hydrogens is 248 g/mol. The molecule has 0 saturated carbocycles. The highest BCUT2D eigenvalue weighted by molar-refractivity contribution is 5.56. The highest BCUT2D eigenvalue weighted by Crippen LogP contribution is 2.24. The lowest BCUT2D eigenvalue weighted by molar-refractivity contribution is 0.341. The van der Waals surface area contributed by atoms with E-state index in [0.717, 1.165) is 17.5 Å². The van der Waals surface area contributed by atoms with Gasteiger partial charge in [-0.2, -0.15) is 0 Å². The molecule has 0 unspecified atom stereocenters. The molecule has 1 N–H and O–H groups in total. The van der Waals surface area contributed by atoms with Crippen LogP contribution in [0.3, 0.4) is 0 Å². The van der Waals surface area contributed by atoms with Crippen molar-refractivity contribution in [1.82, 2.24) is 0 Å². The summed E-state index contributed by atoms with van der Waals surface area (Å²) in [7, 11) is 0. The quantitative estimate of drug-likeness (QED) is 0.881. The first kappa shape index (κ1) is 13.3. The molecule has 2 rings (SSSR count). The smallest absolute Gasteiger partial charge is 0.159 e. The minimum Gasteiger partial charge on any atom is -0.492 e. The van der Waals surface area contributed by atoms with E-state index in [1.165, 1.54) is 6.07 Å². The van der Waals surface area contributed by atoms with Crippen LogP contribution < -0.4 is 10.1 Å².